The SMILES string of the molecule is COc1cc(C(=O)N2CCN(Cc3ccc(C(F)(F)F)cc3)CC2)c([N+](=O)[O-])cc1OC(F)F. The summed E-state index contributed by atoms with van der Waals surface area (Å²) < 4.78 is 72.5. The summed E-state index contributed by atoms with van der Waals surface area (Å²) in [6.45, 7) is -1.71. The van der Waals surface area contributed by atoms with E-state index in [0.717, 1.165) is 31.4 Å². The molecule has 1 aliphatic heterocycles. The minimum absolute atomic E-state index is 0.203. The molecule has 0 atom stereocenters. The fraction of sp³-hybridized carbons (Fsp3) is 0.381. The zero-order chi connectivity index (χ0) is 25.0. The third kappa shape index (κ3) is 5.90. The highest BCUT2D eigenvalue weighted by Crippen LogP contribution is 2.36. The maximum atomic E-state index is 13.0. The van der Waals surface area contributed by atoms with Gasteiger partial charge in [0.25, 0.3) is 11.6 Å². The molecular formula is C21H20F5N3O5. The van der Waals surface area contributed by atoms with Crippen molar-refractivity contribution in [1.29, 1.82) is 0 Å². The summed E-state index contributed by atoms with van der Waals surface area (Å²) in [7, 11) is 1.15. The largest absolute Gasteiger partial charge is 0.493 e. The first kappa shape index (κ1) is 25.1. The molecule has 0 radical (unpaired) electrons. The van der Waals surface area contributed by atoms with Crippen LogP contribution in [0.5, 0.6) is 11.5 Å². The monoisotopic (exact) mass is 489 g/mol. The lowest BCUT2D eigenvalue weighted by atomic mass is 10.1. The van der Waals surface area contributed by atoms with Gasteiger partial charge in [0.05, 0.1) is 23.7 Å². The third-order valence-corrected chi connectivity index (χ3v) is 5.27. The van der Waals surface area contributed by atoms with Crippen LogP contribution in [0.25, 0.3) is 0 Å². The average Bonchev–Trinajstić information content (AvgIpc) is 2.78. The minimum Gasteiger partial charge on any atom is -0.493 e. The number of hydrogen-bond donors (Lipinski definition) is 0. The molecule has 1 saturated heterocycles. The van der Waals surface area contributed by atoms with Gasteiger partial charge in [0.15, 0.2) is 11.5 Å². The van der Waals surface area contributed by atoms with Crippen LogP contribution in [0, 0.1) is 10.1 Å². The zero-order valence-electron chi connectivity index (χ0n) is 17.8. The van der Waals surface area contributed by atoms with Crippen molar-refractivity contribution in [3.63, 3.8) is 0 Å². The van der Waals surface area contributed by atoms with Gasteiger partial charge < -0.3 is 14.4 Å². The van der Waals surface area contributed by atoms with Crippen molar-refractivity contribution in [2.45, 2.75) is 19.3 Å². The van der Waals surface area contributed by atoms with Crippen LogP contribution in [-0.2, 0) is 12.7 Å². The van der Waals surface area contributed by atoms with Crippen molar-refractivity contribution in [2.24, 2.45) is 0 Å². The molecule has 1 heterocycles. The van der Waals surface area contributed by atoms with E-state index >= 15 is 0 Å². The number of ether oxygens (including phenoxy) is 2. The Bertz CT molecular complexity index is 1040. The number of piperazine rings is 1. The minimum atomic E-state index is -4.42. The molecular weight excluding hydrogens is 469 g/mol. The topological polar surface area (TPSA) is 85.2 Å². The molecule has 1 aliphatic rings. The van der Waals surface area contributed by atoms with Crippen LogP contribution >= 0.6 is 0 Å². The zero-order valence-corrected chi connectivity index (χ0v) is 17.8. The molecule has 0 saturated carbocycles. The predicted octanol–water partition coefficient (Wildman–Crippen LogP) is 4.18. The fourth-order valence-electron chi connectivity index (χ4n) is 3.56. The Hall–Kier alpha value is -3.48. The van der Waals surface area contributed by atoms with Crippen molar-refractivity contribution in [3.05, 3.63) is 63.2 Å². The first-order chi connectivity index (χ1) is 16.0. The molecule has 8 nitrogen and oxygen atoms in total. The van der Waals surface area contributed by atoms with Gasteiger partial charge in [-0.05, 0) is 17.7 Å². The van der Waals surface area contributed by atoms with E-state index < -0.39 is 40.6 Å². The Morgan fingerprint density at radius 3 is 2.21 bits per heavy atom. The van der Waals surface area contributed by atoms with E-state index in [2.05, 4.69) is 4.74 Å². The predicted molar refractivity (Wildman–Crippen MR) is 109 cm³/mol. The first-order valence-electron chi connectivity index (χ1n) is 9.98. The number of nitrogens with zero attached hydrogens (tertiary/aromatic N) is 3. The van der Waals surface area contributed by atoms with Gasteiger partial charge in [0.2, 0.25) is 0 Å². The summed E-state index contributed by atoms with van der Waals surface area (Å²) in [5, 5.41) is 11.5. The average molecular weight is 489 g/mol. The van der Waals surface area contributed by atoms with Crippen LogP contribution in [0.3, 0.4) is 0 Å². The maximum Gasteiger partial charge on any atom is 0.416 e. The van der Waals surface area contributed by atoms with Crippen molar-refractivity contribution in [3.8, 4) is 11.5 Å². The molecule has 3 rings (SSSR count). The smallest absolute Gasteiger partial charge is 0.416 e. The van der Waals surface area contributed by atoms with E-state index in [1.165, 1.54) is 17.0 Å². The second-order valence-corrected chi connectivity index (χ2v) is 7.42. The molecule has 1 amide bonds. The number of nitro groups is 1. The van der Waals surface area contributed by atoms with E-state index in [9.17, 15) is 36.9 Å². The van der Waals surface area contributed by atoms with Crippen LogP contribution in [0.1, 0.15) is 21.5 Å². The van der Waals surface area contributed by atoms with Crippen LogP contribution < -0.4 is 9.47 Å². The standard InChI is InChI=1S/C21H20F5N3O5/c1-33-17-10-15(16(29(31)32)11-18(17)34-20(22)23)19(30)28-8-6-27(7-9-28)12-13-2-4-14(5-3-13)21(24,25)26/h2-5,10-11,20H,6-9,12H2,1H3. The van der Waals surface area contributed by atoms with E-state index in [-0.39, 0.29) is 24.4 Å². The Kier molecular flexibility index (Phi) is 7.54. The van der Waals surface area contributed by atoms with Gasteiger partial charge in [-0.1, -0.05) is 12.1 Å². The molecule has 2 aromatic carbocycles. The van der Waals surface area contributed by atoms with E-state index in [0.29, 0.717) is 25.2 Å². The van der Waals surface area contributed by atoms with Gasteiger partial charge in [0.1, 0.15) is 5.56 Å². The summed E-state index contributed by atoms with van der Waals surface area (Å²) >= 11 is 0. The lowest BCUT2D eigenvalue weighted by Crippen LogP contribution is -2.48. The number of alkyl halides is 5. The van der Waals surface area contributed by atoms with Crippen molar-refractivity contribution in [2.75, 3.05) is 33.3 Å². The number of carbonyl (C=O) groups excluding carboxylic acids is 1. The maximum absolute atomic E-state index is 13.0. The van der Waals surface area contributed by atoms with Crippen molar-refractivity contribution >= 4 is 11.6 Å². The number of hydrogen-bond acceptors (Lipinski definition) is 6. The Morgan fingerprint density at radius 1 is 1.09 bits per heavy atom. The lowest BCUT2D eigenvalue weighted by Gasteiger charge is -2.34. The summed E-state index contributed by atoms with van der Waals surface area (Å²) in [5.74, 6) is -1.50. The number of nitro benzene ring substituents is 1. The highest BCUT2D eigenvalue weighted by molar-refractivity contribution is 5.99. The molecule has 184 valence electrons. The number of benzene rings is 2. The van der Waals surface area contributed by atoms with Gasteiger partial charge in [-0.15, -0.1) is 0 Å². The molecule has 0 aliphatic carbocycles. The van der Waals surface area contributed by atoms with Crippen molar-refractivity contribution in [1.82, 2.24) is 9.80 Å². The highest BCUT2D eigenvalue weighted by atomic mass is 19.4. The molecule has 1 fully saturated rings. The lowest BCUT2D eigenvalue weighted by molar-refractivity contribution is -0.385. The van der Waals surface area contributed by atoms with Gasteiger partial charge in [0, 0.05) is 38.8 Å². The number of rotatable bonds is 7. The van der Waals surface area contributed by atoms with E-state index in [1.807, 2.05) is 4.90 Å². The van der Waals surface area contributed by atoms with Crippen LogP contribution in [0.2, 0.25) is 0 Å². The molecule has 0 unspecified atom stereocenters. The van der Waals surface area contributed by atoms with Crippen LogP contribution in [-0.4, -0.2) is 60.5 Å². The molecule has 2 aromatic rings. The van der Waals surface area contributed by atoms with Crippen LogP contribution in [0.4, 0.5) is 27.6 Å². The molecule has 0 spiro atoms. The fourth-order valence-corrected chi connectivity index (χ4v) is 3.56. The molecule has 0 bridgehead atoms. The number of amides is 1. The third-order valence-electron chi connectivity index (χ3n) is 5.27. The van der Waals surface area contributed by atoms with Gasteiger partial charge in [-0.3, -0.25) is 19.8 Å². The number of carbonyl (C=O) groups is 1. The summed E-state index contributed by atoms with van der Waals surface area (Å²) in [6, 6.07) is 6.50. The van der Waals surface area contributed by atoms with Gasteiger partial charge in [-0.2, -0.15) is 22.0 Å². The second-order valence-electron chi connectivity index (χ2n) is 7.42. The van der Waals surface area contributed by atoms with Crippen molar-refractivity contribution < 1.29 is 41.1 Å². The summed E-state index contributed by atoms with van der Waals surface area (Å²) in [5.41, 5.74) is -1.11. The molecule has 34 heavy (non-hydrogen) atoms. The quantitative estimate of drug-likeness (QED) is 0.330. The number of methoxy groups -OCH3 is 1. The van der Waals surface area contributed by atoms with Gasteiger partial charge >= 0.3 is 12.8 Å². The van der Waals surface area contributed by atoms with E-state index in [4.69, 9.17) is 4.74 Å². The van der Waals surface area contributed by atoms with E-state index in [1.54, 1.807) is 0 Å². The van der Waals surface area contributed by atoms with Crippen LogP contribution in [0.15, 0.2) is 36.4 Å². The second kappa shape index (κ2) is 10.2. The highest BCUT2D eigenvalue weighted by Gasteiger charge is 2.32. The first-order valence-corrected chi connectivity index (χ1v) is 9.98. The molecule has 0 aromatic heterocycles. The molecule has 0 N–H and O–H groups in total. The normalized spacial score (nSPS) is 14.9. The molecule has 13 heteroatoms. The Morgan fingerprint density at radius 2 is 1.71 bits per heavy atom. The number of halogens is 5. The Labute approximate surface area is 190 Å². The summed E-state index contributed by atoms with van der Waals surface area (Å²) in [4.78, 5) is 26.9. The Balaban J connectivity index is 1.69. The van der Waals surface area contributed by atoms with Gasteiger partial charge in [-0.25, -0.2) is 0 Å². The summed E-state index contributed by atoms with van der Waals surface area (Å²) in [6.07, 6.45) is -4.42.